The molecule has 0 bridgehead atoms. The number of hydrogen-bond donors (Lipinski definition) is 1. The third-order valence-electron chi connectivity index (χ3n) is 3.24. The van der Waals surface area contributed by atoms with Crippen LogP contribution in [-0.2, 0) is 4.74 Å². The van der Waals surface area contributed by atoms with Gasteiger partial charge in [-0.1, -0.05) is 13.8 Å². The van der Waals surface area contributed by atoms with Crippen LogP contribution < -0.4 is 5.73 Å². The molecule has 0 amide bonds. The maximum atomic E-state index is 5.77. The number of rotatable bonds is 3. The molecule has 0 spiro atoms. The van der Waals surface area contributed by atoms with Gasteiger partial charge in [-0.15, -0.1) is 0 Å². The Kier molecular flexibility index (Phi) is 2.75. The van der Waals surface area contributed by atoms with Crippen LogP contribution in [0.2, 0.25) is 0 Å². The van der Waals surface area contributed by atoms with Crippen LogP contribution in [0.4, 0.5) is 0 Å². The van der Waals surface area contributed by atoms with Gasteiger partial charge in [-0.3, -0.25) is 0 Å². The Balaban J connectivity index is 2.33. The second kappa shape index (κ2) is 3.25. The highest BCUT2D eigenvalue weighted by molar-refractivity contribution is 5.05. The number of ether oxygens (including phenoxy) is 1. The van der Waals surface area contributed by atoms with E-state index in [1.165, 1.54) is 0 Å². The molecule has 13 heavy (non-hydrogen) atoms. The summed E-state index contributed by atoms with van der Waals surface area (Å²) in [6.07, 6.45) is 0. The van der Waals surface area contributed by atoms with Crippen LogP contribution in [0.1, 0.15) is 34.6 Å². The van der Waals surface area contributed by atoms with E-state index in [-0.39, 0.29) is 5.60 Å². The maximum Gasteiger partial charge on any atom is 0.0598 e. The van der Waals surface area contributed by atoms with Crippen molar-refractivity contribution in [3.8, 4) is 0 Å². The average Bonchev–Trinajstić information content (AvgIpc) is 2.46. The zero-order chi connectivity index (χ0) is 10.3. The third kappa shape index (κ3) is 2.44. The van der Waals surface area contributed by atoms with E-state index in [1.807, 2.05) is 0 Å². The van der Waals surface area contributed by atoms with Crippen LogP contribution in [-0.4, -0.2) is 18.8 Å². The van der Waals surface area contributed by atoms with Crippen molar-refractivity contribution < 1.29 is 4.74 Å². The van der Waals surface area contributed by atoms with Crippen molar-refractivity contribution in [2.45, 2.75) is 40.2 Å². The summed E-state index contributed by atoms with van der Waals surface area (Å²) in [5, 5.41) is 0. The smallest absolute Gasteiger partial charge is 0.0598 e. The molecule has 1 fully saturated rings. The number of hydrogen-bond acceptors (Lipinski definition) is 2. The standard InChI is InChI=1S/C11H23NO/c1-10(2,3)13-7-9-8(6-12)11(9,4)5/h8-9H,6-7,12H2,1-5H3. The quantitative estimate of drug-likeness (QED) is 0.730. The molecule has 0 aliphatic heterocycles. The van der Waals surface area contributed by atoms with E-state index >= 15 is 0 Å². The Morgan fingerprint density at radius 3 is 2.08 bits per heavy atom. The van der Waals surface area contributed by atoms with Gasteiger partial charge in [0.1, 0.15) is 0 Å². The summed E-state index contributed by atoms with van der Waals surface area (Å²) in [6.45, 7) is 12.5. The van der Waals surface area contributed by atoms with Gasteiger partial charge in [0.2, 0.25) is 0 Å². The Labute approximate surface area is 81.8 Å². The molecular weight excluding hydrogens is 162 g/mol. The van der Waals surface area contributed by atoms with Gasteiger partial charge in [0.25, 0.3) is 0 Å². The van der Waals surface area contributed by atoms with Crippen molar-refractivity contribution in [3.05, 3.63) is 0 Å². The Morgan fingerprint density at radius 1 is 1.23 bits per heavy atom. The zero-order valence-corrected chi connectivity index (χ0v) is 9.55. The van der Waals surface area contributed by atoms with Crippen molar-refractivity contribution in [1.29, 1.82) is 0 Å². The number of nitrogens with two attached hydrogens (primary N) is 1. The summed E-state index contributed by atoms with van der Waals surface area (Å²) in [4.78, 5) is 0. The minimum atomic E-state index is -0.0161. The van der Waals surface area contributed by atoms with Crippen LogP contribution in [0.25, 0.3) is 0 Å². The summed E-state index contributed by atoms with van der Waals surface area (Å²) >= 11 is 0. The Hall–Kier alpha value is -0.0800. The molecule has 1 rings (SSSR count). The van der Waals surface area contributed by atoms with Gasteiger partial charge in [0.15, 0.2) is 0 Å². The maximum absolute atomic E-state index is 5.77. The van der Waals surface area contributed by atoms with Crippen LogP contribution in [0.3, 0.4) is 0 Å². The lowest BCUT2D eigenvalue weighted by molar-refractivity contribution is -0.0136. The van der Waals surface area contributed by atoms with Crippen LogP contribution >= 0.6 is 0 Å². The van der Waals surface area contributed by atoms with Crippen LogP contribution in [0, 0.1) is 17.3 Å². The lowest BCUT2D eigenvalue weighted by Crippen LogP contribution is -2.21. The van der Waals surface area contributed by atoms with Gasteiger partial charge in [-0.25, -0.2) is 0 Å². The highest BCUT2D eigenvalue weighted by atomic mass is 16.5. The molecule has 78 valence electrons. The largest absolute Gasteiger partial charge is 0.376 e. The Morgan fingerprint density at radius 2 is 1.77 bits per heavy atom. The molecule has 0 aromatic carbocycles. The second-order valence-electron chi connectivity index (χ2n) is 5.69. The molecule has 2 N–H and O–H groups in total. The molecule has 1 aliphatic rings. The van der Waals surface area contributed by atoms with Gasteiger partial charge in [0.05, 0.1) is 12.2 Å². The van der Waals surface area contributed by atoms with E-state index in [0.717, 1.165) is 13.2 Å². The first kappa shape index (κ1) is 11.0. The second-order valence-corrected chi connectivity index (χ2v) is 5.69. The van der Waals surface area contributed by atoms with Crippen molar-refractivity contribution in [2.75, 3.05) is 13.2 Å². The molecule has 0 aromatic heterocycles. The summed E-state index contributed by atoms with van der Waals surface area (Å²) < 4.78 is 5.77. The van der Waals surface area contributed by atoms with Gasteiger partial charge >= 0.3 is 0 Å². The fourth-order valence-corrected chi connectivity index (χ4v) is 2.00. The SMILES string of the molecule is CC(C)(C)OCC1C(CN)C1(C)C. The van der Waals surface area contributed by atoms with E-state index in [9.17, 15) is 0 Å². The van der Waals surface area contributed by atoms with E-state index in [2.05, 4.69) is 34.6 Å². The fraction of sp³-hybridized carbons (Fsp3) is 1.00. The lowest BCUT2D eigenvalue weighted by Gasteiger charge is -2.20. The summed E-state index contributed by atoms with van der Waals surface area (Å²) in [5.74, 6) is 1.33. The highest BCUT2D eigenvalue weighted by Gasteiger charge is 2.56. The zero-order valence-electron chi connectivity index (χ0n) is 9.55. The molecule has 1 saturated carbocycles. The van der Waals surface area contributed by atoms with E-state index in [4.69, 9.17) is 10.5 Å². The molecule has 1 aliphatic carbocycles. The molecular formula is C11H23NO. The molecule has 2 nitrogen and oxygen atoms in total. The minimum Gasteiger partial charge on any atom is -0.376 e. The predicted molar refractivity (Wildman–Crippen MR) is 55.5 cm³/mol. The first-order valence-corrected chi connectivity index (χ1v) is 5.13. The van der Waals surface area contributed by atoms with E-state index in [0.29, 0.717) is 17.3 Å². The first-order valence-electron chi connectivity index (χ1n) is 5.13. The molecule has 0 radical (unpaired) electrons. The van der Waals surface area contributed by atoms with Gasteiger partial charge in [-0.2, -0.15) is 0 Å². The average molecular weight is 185 g/mol. The van der Waals surface area contributed by atoms with Gasteiger partial charge in [0, 0.05) is 0 Å². The summed E-state index contributed by atoms with van der Waals surface area (Å²) in [5.41, 5.74) is 6.07. The van der Waals surface area contributed by atoms with E-state index in [1.54, 1.807) is 0 Å². The molecule has 2 heteroatoms. The Bertz CT molecular complexity index is 181. The topological polar surface area (TPSA) is 35.2 Å². The fourth-order valence-electron chi connectivity index (χ4n) is 2.00. The van der Waals surface area contributed by atoms with E-state index < -0.39 is 0 Å². The normalized spacial score (nSPS) is 31.8. The molecule has 0 aromatic rings. The lowest BCUT2D eigenvalue weighted by atomic mass is 10.1. The van der Waals surface area contributed by atoms with Crippen molar-refractivity contribution in [2.24, 2.45) is 23.0 Å². The van der Waals surface area contributed by atoms with Gasteiger partial charge < -0.3 is 10.5 Å². The van der Waals surface area contributed by atoms with Crippen molar-refractivity contribution >= 4 is 0 Å². The summed E-state index contributed by atoms with van der Waals surface area (Å²) in [6, 6.07) is 0. The van der Waals surface area contributed by atoms with Crippen LogP contribution in [0.5, 0.6) is 0 Å². The molecule has 0 saturated heterocycles. The van der Waals surface area contributed by atoms with Crippen molar-refractivity contribution in [3.63, 3.8) is 0 Å². The third-order valence-corrected chi connectivity index (χ3v) is 3.24. The predicted octanol–water partition coefficient (Wildman–Crippen LogP) is 2.03. The molecule has 0 heterocycles. The van der Waals surface area contributed by atoms with Crippen molar-refractivity contribution in [1.82, 2.24) is 0 Å². The van der Waals surface area contributed by atoms with Crippen LogP contribution in [0.15, 0.2) is 0 Å². The molecule has 2 unspecified atom stereocenters. The summed E-state index contributed by atoms with van der Waals surface area (Å²) in [7, 11) is 0. The minimum absolute atomic E-state index is 0.0161. The highest BCUT2D eigenvalue weighted by Crippen LogP contribution is 2.57. The van der Waals surface area contributed by atoms with Gasteiger partial charge in [-0.05, 0) is 44.6 Å². The monoisotopic (exact) mass is 185 g/mol. The molecule has 2 atom stereocenters. The first-order chi connectivity index (χ1) is 5.79.